The number of phosphoric acid groups is 2. The first-order valence-electron chi connectivity index (χ1n) is 39.5. The molecule has 19 heteroatoms. The highest BCUT2D eigenvalue weighted by molar-refractivity contribution is 7.47. The third-order valence-electron chi connectivity index (χ3n) is 18.1. The Balaban J connectivity index is 5.27. The Morgan fingerprint density at radius 1 is 0.305 bits per heavy atom. The maximum absolute atomic E-state index is 13.1. The van der Waals surface area contributed by atoms with E-state index in [4.69, 9.17) is 37.0 Å². The molecular formula is C76H148O17P2. The number of esters is 4. The van der Waals surface area contributed by atoms with E-state index in [1.54, 1.807) is 0 Å². The second-order valence-corrected chi connectivity index (χ2v) is 31.0. The van der Waals surface area contributed by atoms with Gasteiger partial charge in [0.05, 0.1) is 26.4 Å². The van der Waals surface area contributed by atoms with Crippen LogP contribution in [0.1, 0.15) is 395 Å². The number of hydrogen-bond donors (Lipinski definition) is 3. The van der Waals surface area contributed by atoms with Crippen LogP contribution in [-0.4, -0.2) is 96.7 Å². The largest absolute Gasteiger partial charge is 0.472 e. The molecule has 0 saturated carbocycles. The van der Waals surface area contributed by atoms with Gasteiger partial charge in [0.15, 0.2) is 12.2 Å². The molecule has 17 nitrogen and oxygen atoms in total. The predicted molar refractivity (Wildman–Crippen MR) is 386 cm³/mol. The number of aliphatic hydroxyl groups is 1. The van der Waals surface area contributed by atoms with Crippen LogP contribution in [0.2, 0.25) is 0 Å². The molecule has 0 heterocycles. The summed E-state index contributed by atoms with van der Waals surface area (Å²) < 4.78 is 68.6. The van der Waals surface area contributed by atoms with E-state index < -0.39 is 97.5 Å². The summed E-state index contributed by atoms with van der Waals surface area (Å²) in [6, 6.07) is 0. The smallest absolute Gasteiger partial charge is 0.462 e. The van der Waals surface area contributed by atoms with Gasteiger partial charge in [0.1, 0.15) is 19.3 Å². The Kier molecular flexibility index (Phi) is 66.5. The first-order valence-corrected chi connectivity index (χ1v) is 42.5. The Morgan fingerprint density at radius 2 is 0.537 bits per heavy atom. The van der Waals surface area contributed by atoms with Gasteiger partial charge in [-0.3, -0.25) is 37.3 Å². The van der Waals surface area contributed by atoms with Crippen LogP contribution in [0.15, 0.2) is 0 Å². The fourth-order valence-electron chi connectivity index (χ4n) is 11.6. The molecule has 0 radical (unpaired) electrons. The molecule has 0 bridgehead atoms. The third-order valence-corrected chi connectivity index (χ3v) is 20.0. The van der Waals surface area contributed by atoms with Crippen molar-refractivity contribution in [1.29, 1.82) is 0 Å². The highest BCUT2D eigenvalue weighted by atomic mass is 31.2. The monoisotopic (exact) mass is 1400 g/mol. The molecule has 0 aliphatic carbocycles. The Bertz CT molecular complexity index is 1840. The van der Waals surface area contributed by atoms with Crippen molar-refractivity contribution in [2.24, 2.45) is 11.8 Å². The molecule has 95 heavy (non-hydrogen) atoms. The molecule has 0 saturated heterocycles. The molecule has 6 atom stereocenters. The lowest BCUT2D eigenvalue weighted by atomic mass is 9.99. The van der Waals surface area contributed by atoms with Gasteiger partial charge < -0.3 is 33.8 Å². The Morgan fingerprint density at radius 3 is 0.800 bits per heavy atom. The molecule has 0 fully saturated rings. The van der Waals surface area contributed by atoms with Gasteiger partial charge in [-0.15, -0.1) is 0 Å². The number of ether oxygens (including phenoxy) is 4. The van der Waals surface area contributed by atoms with Crippen LogP contribution in [0.5, 0.6) is 0 Å². The van der Waals surface area contributed by atoms with Gasteiger partial charge in [0.25, 0.3) is 0 Å². The van der Waals surface area contributed by atoms with Gasteiger partial charge in [0.2, 0.25) is 0 Å². The van der Waals surface area contributed by atoms with E-state index >= 15 is 0 Å². The van der Waals surface area contributed by atoms with Crippen LogP contribution in [0.25, 0.3) is 0 Å². The lowest BCUT2D eigenvalue weighted by Crippen LogP contribution is -2.30. The third kappa shape index (κ3) is 69.0. The minimum atomic E-state index is -4.96. The molecule has 0 aromatic heterocycles. The summed E-state index contributed by atoms with van der Waals surface area (Å²) in [5, 5.41) is 10.6. The summed E-state index contributed by atoms with van der Waals surface area (Å²) in [7, 11) is -9.91. The van der Waals surface area contributed by atoms with Crippen molar-refractivity contribution in [2.45, 2.75) is 413 Å². The minimum Gasteiger partial charge on any atom is -0.462 e. The quantitative estimate of drug-likeness (QED) is 0.0222. The van der Waals surface area contributed by atoms with Crippen LogP contribution in [0.4, 0.5) is 0 Å². The number of unbranched alkanes of at least 4 members (excludes halogenated alkanes) is 44. The van der Waals surface area contributed by atoms with E-state index in [-0.39, 0.29) is 25.7 Å². The normalized spacial score (nSPS) is 14.3. The highest BCUT2D eigenvalue weighted by Gasteiger charge is 2.30. The first-order chi connectivity index (χ1) is 45.9. The summed E-state index contributed by atoms with van der Waals surface area (Å²) in [6.45, 7) is 9.62. The van der Waals surface area contributed by atoms with Crippen molar-refractivity contribution in [3.8, 4) is 0 Å². The number of aliphatic hydroxyl groups excluding tert-OH is 1. The van der Waals surface area contributed by atoms with Gasteiger partial charge in [0, 0.05) is 25.7 Å². The van der Waals surface area contributed by atoms with Gasteiger partial charge in [-0.05, 0) is 37.5 Å². The molecular weight excluding hydrogens is 1250 g/mol. The van der Waals surface area contributed by atoms with E-state index in [2.05, 4.69) is 41.5 Å². The summed E-state index contributed by atoms with van der Waals surface area (Å²) in [6.07, 6.45) is 55.2. The average molecular weight is 1400 g/mol. The SMILES string of the molecule is CCCCCCCCCCCCCCCCCC(=O)O[C@H](COC(=O)CCCCCCCCCCCCC(C)CC)COP(=O)(O)OC[C@@H](O)COP(=O)(O)OC[C@@H](COC(=O)CCCCCCCCCCCC(C)C)OC(=O)CCCCCCCCCCCCCCCC. The summed E-state index contributed by atoms with van der Waals surface area (Å²) in [4.78, 5) is 72.9. The van der Waals surface area contributed by atoms with Crippen LogP contribution in [0.3, 0.4) is 0 Å². The maximum Gasteiger partial charge on any atom is 0.472 e. The molecule has 564 valence electrons. The topological polar surface area (TPSA) is 237 Å². The van der Waals surface area contributed by atoms with Crippen LogP contribution < -0.4 is 0 Å². The molecule has 0 amide bonds. The molecule has 3 unspecified atom stereocenters. The van der Waals surface area contributed by atoms with Crippen molar-refractivity contribution in [1.82, 2.24) is 0 Å². The molecule has 0 aliphatic rings. The molecule has 0 rings (SSSR count). The Labute approximate surface area is 581 Å². The zero-order valence-corrected chi connectivity index (χ0v) is 63.8. The van der Waals surface area contributed by atoms with Crippen LogP contribution in [-0.2, 0) is 65.4 Å². The van der Waals surface area contributed by atoms with E-state index in [0.717, 1.165) is 102 Å². The lowest BCUT2D eigenvalue weighted by Gasteiger charge is -2.21. The molecule has 0 aliphatic heterocycles. The number of carbonyl (C=O) groups is 4. The van der Waals surface area contributed by atoms with E-state index in [9.17, 15) is 43.2 Å². The number of hydrogen-bond acceptors (Lipinski definition) is 15. The van der Waals surface area contributed by atoms with Gasteiger partial charge in [-0.2, -0.15) is 0 Å². The van der Waals surface area contributed by atoms with Gasteiger partial charge in [-0.1, -0.05) is 343 Å². The zero-order chi connectivity index (χ0) is 70.0. The number of phosphoric ester groups is 2. The van der Waals surface area contributed by atoms with Gasteiger partial charge in [-0.25, -0.2) is 9.13 Å². The summed E-state index contributed by atoms with van der Waals surface area (Å²) in [5.41, 5.74) is 0. The Hall–Kier alpha value is -1.94. The fourth-order valence-corrected chi connectivity index (χ4v) is 13.2. The zero-order valence-electron chi connectivity index (χ0n) is 62.0. The maximum atomic E-state index is 13.1. The van der Waals surface area contributed by atoms with Crippen molar-refractivity contribution >= 4 is 39.5 Å². The van der Waals surface area contributed by atoms with E-state index in [1.165, 1.54) is 212 Å². The van der Waals surface area contributed by atoms with Crippen LogP contribution in [0, 0.1) is 11.8 Å². The summed E-state index contributed by atoms with van der Waals surface area (Å²) >= 11 is 0. The second-order valence-electron chi connectivity index (χ2n) is 28.1. The van der Waals surface area contributed by atoms with Crippen molar-refractivity contribution in [3.05, 3.63) is 0 Å². The average Bonchev–Trinajstić information content (AvgIpc) is 1.71. The molecule has 3 N–H and O–H groups in total. The van der Waals surface area contributed by atoms with E-state index in [1.807, 2.05) is 0 Å². The number of rotatable bonds is 75. The second kappa shape index (κ2) is 67.9. The summed E-state index contributed by atoms with van der Waals surface area (Å²) in [5.74, 6) is -0.559. The van der Waals surface area contributed by atoms with Crippen LogP contribution >= 0.6 is 15.6 Å². The van der Waals surface area contributed by atoms with Gasteiger partial charge >= 0.3 is 39.5 Å². The lowest BCUT2D eigenvalue weighted by molar-refractivity contribution is -0.161. The molecule has 0 aromatic carbocycles. The molecule has 0 aromatic rings. The fraction of sp³-hybridized carbons (Fsp3) is 0.947. The highest BCUT2D eigenvalue weighted by Crippen LogP contribution is 2.45. The first kappa shape index (κ1) is 93.1. The van der Waals surface area contributed by atoms with E-state index in [0.29, 0.717) is 25.7 Å². The minimum absolute atomic E-state index is 0.108. The number of carbonyl (C=O) groups excluding carboxylic acids is 4. The van der Waals surface area contributed by atoms with Crippen molar-refractivity contribution in [3.63, 3.8) is 0 Å². The van der Waals surface area contributed by atoms with Crippen molar-refractivity contribution < 1.29 is 80.2 Å². The standard InChI is InChI=1S/C76H148O17P2/c1-7-10-12-14-16-18-20-22-24-26-28-36-43-49-55-61-76(81)92-71(64-86-73(78)58-52-46-40-34-30-29-33-39-45-51-57-69(6)9-3)66-90-94(82,83)88-62-70(77)63-89-95(84,85)91-67-72(65-87-74(79)59-53-47-41-37-31-32-38-44-50-56-68(4)5)93-75(80)60-54-48-42-35-27-25-23-21-19-17-15-13-11-8-2/h68-72,77H,7-67H2,1-6H3,(H,82,83)(H,84,85)/t69?,70-,71-,72-/m1/s1. The predicted octanol–water partition coefficient (Wildman–Crippen LogP) is 22.3. The molecule has 0 spiro atoms. The van der Waals surface area contributed by atoms with Crippen molar-refractivity contribution in [2.75, 3.05) is 39.6 Å².